The molecule has 29 atom stereocenters. The molecule has 0 radical (unpaired) electrons. The Morgan fingerprint density at radius 3 is 2.00 bits per heavy atom. The zero-order valence-electron chi connectivity index (χ0n) is 56.3. The lowest BCUT2D eigenvalue weighted by molar-refractivity contribution is -0.331. The molecule has 0 aromatic carbocycles. The molecule has 520 valence electrons. The number of allylic oxidation sites excluding steroid dienone is 3. The van der Waals surface area contributed by atoms with E-state index in [1.807, 2.05) is 46.8 Å². The van der Waals surface area contributed by atoms with E-state index in [1.165, 1.54) is 13.2 Å². The number of methoxy groups -OCH3 is 1. The van der Waals surface area contributed by atoms with E-state index in [1.54, 1.807) is 47.6 Å². The van der Waals surface area contributed by atoms with Crippen LogP contribution in [0.15, 0.2) is 58.4 Å². The normalized spacial score (nSPS) is 47.5. The summed E-state index contributed by atoms with van der Waals surface area (Å²) in [6.45, 7) is 24.2. The molecule has 24 heteroatoms. The van der Waals surface area contributed by atoms with Crippen LogP contribution < -0.4 is 11.1 Å². The summed E-state index contributed by atoms with van der Waals surface area (Å²) in [5, 5.41) is 49.5. The second kappa shape index (κ2) is 28.5. The Kier molecular flexibility index (Phi) is 21.9. The Labute approximate surface area is 545 Å². The predicted octanol–water partition coefficient (Wildman–Crippen LogP) is 6.68. The number of aldehydes is 1. The van der Waals surface area contributed by atoms with Crippen molar-refractivity contribution < 1.29 is 106 Å². The van der Waals surface area contributed by atoms with Crippen LogP contribution in [0.3, 0.4) is 0 Å². The molecule has 0 aromatic rings. The maximum atomic E-state index is 15.6. The van der Waals surface area contributed by atoms with Crippen LogP contribution in [0, 0.1) is 46.8 Å². The number of carbonyl (C=O) groups excluding carboxylic acids is 5. The first-order valence-corrected chi connectivity index (χ1v) is 33.7. The SMILES string of the molecule is COC(=O)N[C@H]1[C@@H](C)O[C@@H](O[C@H]2C/C=C(/C)[C@@H]3C=C[C@@H]4[C@@H](O[C@H]5C[C@@H](O[C@H]6CC[C@@H](O[C@@H]7C[C@@H](O)[C@@H](O[C@@H]8CC[C@@H](O)[C@H](C)O8)[C@@H](C)O7)[C@H](C)O6)[C@H](OC(=O)C(C)C)[C@H](C)O5)[C@@H](C)C[C@@H](C)[C@H]4[C@]3(C)C(O)=C3C(=O)O[C@@]4(CC(C=O)=C[C@@H](O)[C@@H]4/C=C/2C)C3=O)C[C@]1(C)N. The number of aliphatic hydroxyl groups excluding tert-OH is 4. The van der Waals surface area contributed by atoms with Gasteiger partial charge < -0.3 is 93.1 Å². The first kappa shape index (κ1) is 71.3. The van der Waals surface area contributed by atoms with Crippen LogP contribution in [0.5, 0.6) is 0 Å². The van der Waals surface area contributed by atoms with Crippen molar-refractivity contribution in [1.82, 2.24) is 5.32 Å². The van der Waals surface area contributed by atoms with Gasteiger partial charge in [-0.2, -0.15) is 0 Å². The number of ketones is 1. The molecular weight excluding hydrogens is 1210 g/mol. The molecular formula is C69H102N2O22. The summed E-state index contributed by atoms with van der Waals surface area (Å²) in [6.07, 6.45) is -1.73. The van der Waals surface area contributed by atoms with E-state index in [9.17, 15) is 39.6 Å². The van der Waals surface area contributed by atoms with Crippen LogP contribution in [0.2, 0.25) is 0 Å². The molecule has 7 N–H and O–H groups in total. The molecule has 6 saturated heterocycles. The molecule has 1 saturated carbocycles. The van der Waals surface area contributed by atoms with Crippen molar-refractivity contribution >= 4 is 30.1 Å². The lowest BCUT2D eigenvalue weighted by Crippen LogP contribution is -2.66. The smallest absolute Gasteiger partial charge is 0.407 e. The van der Waals surface area contributed by atoms with Crippen LogP contribution in [0.25, 0.3) is 0 Å². The number of ether oxygens (including phenoxy) is 13. The van der Waals surface area contributed by atoms with Crippen molar-refractivity contribution in [2.75, 3.05) is 7.11 Å². The van der Waals surface area contributed by atoms with Gasteiger partial charge in [-0.25, -0.2) is 9.59 Å². The largest absolute Gasteiger partial charge is 0.511 e. The van der Waals surface area contributed by atoms with Gasteiger partial charge in [0, 0.05) is 61.3 Å². The fourth-order valence-electron chi connectivity index (χ4n) is 16.9. The Bertz CT molecular complexity index is 2900. The number of hydrogen-bond acceptors (Lipinski definition) is 23. The van der Waals surface area contributed by atoms with Gasteiger partial charge in [-0.05, 0) is 116 Å². The Hall–Kier alpha value is -4.51. The molecule has 2 bridgehead atoms. The molecule has 10 aliphatic rings. The maximum absolute atomic E-state index is 15.6. The lowest BCUT2D eigenvalue weighted by Gasteiger charge is -2.56. The zero-order chi connectivity index (χ0) is 67.5. The summed E-state index contributed by atoms with van der Waals surface area (Å²) < 4.78 is 82.6. The van der Waals surface area contributed by atoms with E-state index in [0.29, 0.717) is 44.0 Å². The van der Waals surface area contributed by atoms with Crippen LogP contribution in [0.1, 0.15) is 154 Å². The monoisotopic (exact) mass is 1310 g/mol. The minimum Gasteiger partial charge on any atom is -0.511 e. The minimum atomic E-state index is -2.13. The molecule has 6 aliphatic heterocycles. The van der Waals surface area contributed by atoms with Gasteiger partial charge in [0.1, 0.15) is 29.8 Å². The predicted molar refractivity (Wildman–Crippen MR) is 332 cm³/mol. The third kappa shape index (κ3) is 14.4. The van der Waals surface area contributed by atoms with Crippen molar-refractivity contribution in [1.29, 1.82) is 0 Å². The van der Waals surface area contributed by atoms with Crippen LogP contribution >= 0.6 is 0 Å². The number of carbonyl (C=O) groups is 5. The number of alkyl carbamates (subject to hydrolysis) is 1. The number of fused-ring (bicyclic) bond motifs is 4. The molecule has 1 spiro atoms. The van der Waals surface area contributed by atoms with E-state index in [2.05, 4.69) is 25.2 Å². The highest BCUT2D eigenvalue weighted by atomic mass is 16.8. The second-order valence-corrected chi connectivity index (χ2v) is 29.1. The highest BCUT2D eigenvalue weighted by Crippen LogP contribution is 2.61. The summed E-state index contributed by atoms with van der Waals surface area (Å²) in [5.74, 6) is -6.32. The Balaban J connectivity index is 0.906. The van der Waals surface area contributed by atoms with Crippen molar-refractivity contribution in [3.05, 3.63) is 58.4 Å². The second-order valence-electron chi connectivity index (χ2n) is 29.1. The first-order chi connectivity index (χ1) is 43.9. The first-order valence-electron chi connectivity index (χ1n) is 33.7. The molecule has 6 heterocycles. The third-order valence-electron chi connectivity index (χ3n) is 21.8. The fraction of sp³-hybridized carbons (Fsp3) is 0.783. The zero-order valence-corrected chi connectivity index (χ0v) is 56.3. The number of Topliss-reactive ketones (excluding diaryl/α,β-unsaturated/α-hetero) is 1. The molecule has 0 aromatic heterocycles. The van der Waals surface area contributed by atoms with Crippen LogP contribution in [-0.2, 0) is 80.8 Å². The van der Waals surface area contributed by atoms with Gasteiger partial charge in [0.25, 0.3) is 0 Å². The third-order valence-corrected chi connectivity index (χ3v) is 21.8. The number of nitrogens with two attached hydrogens (primary N) is 1. The average Bonchev–Trinajstić information content (AvgIpc) is 1.69. The standard InChI is InChI=1S/C69H102N2O22/c1-31(2)64(78)92-60-39(10)85-54(27-50(60)89-51-22-20-49(37(8)83-51)88-53-26-47(75)59(38(9)84-53)90-52-21-18-45(73)36(7)82-52)91-58-35(6)23-34(5)57-42(58)16-17-43-32(3)15-19-48(87-55-29-67(12,70)61(40(11)86-55)71-66(80)81-14)33(4)24-44-46(74)25-41(30-72)28-69(44)63(77)56(65(79)93-69)62(76)68(43,57)13/h15-17,24-25,30-31,34-40,42-55,57-61,73-76H,18-23,26-29,70H2,1-14H3,(H,71,80)/b32-15-,33-24+,62-56?/t34-,35+,36+,37+,38-,39+,40-,42+,43+,44+,45-,46-,47-,48+,49-,50-,51+,52-,53-,54+,55+,57-,58+,59+,60-,61+,67+,68-,69-/m1/s1. The topological polar surface area (TPSA) is 324 Å². The van der Waals surface area contributed by atoms with Gasteiger partial charge >= 0.3 is 18.0 Å². The van der Waals surface area contributed by atoms with E-state index in [-0.39, 0.29) is 49.5 Å². The summed E-state index contributed by atoms with van der Waals surface area (Å²) in [4.78, 5) is 68.8. The summed E-state index contributed by atoms with van der Waals surface area (Å²) >= 11 is 0. The number of nitrogens with one attached hydrogen (secondary N) is 1. The summed E-state index contributed by atoms with van der Waals surface area (Å²) in [5.41, 5.74) is 3.19. The van der Waals surface area contributed by atoms with Crippen molar-refractivity contribution in [3.8, 4) is 0 Å². The van der Waals surface area contributed by atoms with Crippen molar-refractivity contribution in [2.24, 2.45) is 52.6 Å². The highest BCUT2D eigenvalue weighted by molar-refractivity contribution is 6.26. The maximum Gasteiger partial charge on any atom is 0.407 e. The number of hydrogen-bond donors (Lipinski definition) is 6. The minimum absolute atomic E-state index is 0.0475. The molecule has 1 amide bonds. The lowest BCUT2D eigenvalue weighted by atomic mass is 9.49. The number of rotatable bonds is 14. The van der Waals surface area contributed by atoms with E-state index >= 15 is 4.79 Å². The van der Waals surface area contributed by atoms with Crippen molar-refractivity contribution in [3.63, 3.8) is 0 Å². The van der Waals surface area contributed by atoms with Crippen LogP contribution in [0.4, 0.5) is 4.79 Å². The average molecular weight is 1310 g/mol. The Morgan fingerprint density at radius 2 is 1.34 bits per heavy atom. The quantitative estimate of drug-likeness (QED) is 0.0347. The van der Waals surface area contributed by atoms with Crippen LogP contribution in [-0.4, -0.2) is 192 Å². The van der Waals surface area contributed by atoms with Gasteiger partial charge in [-0.3, -0.25) is 14.4 Å². The molecule has 0 unspecified atom stereocenters. The number of amides is 1. The van der Waals surface area contributed by atoms with Gasteiger partial charge in [0.05, 0.1) is 92.1 Å². The summed E-state index contributed by atoms with van der Waals surface area (Å²) in [7, 11) is 1.26. The van der Waals surface area contributed by atoms with Gasteiger partial charge in [-0.15, -0.1) is 0 Å². The van der Waals surface area contributed by atoms with Gasteiger partial charge in [0.2, 0.25) is 5.78 Å². The van der Waals surface area contributed by atoms with Gasteiger partial charge in [0.15, 0.2) is 43.2 Å². The molecule has 7 fully saturated rings. The van der Waals surface area contributed by atoms with Crippen molar-refractivity contribution in [2.45, 2.75) is 288 Å². The Morgan fingerprint density at radius 1 is 0.710 bits per heavy atom. The highest BCUT2D eigenvalue weighted by Gasteiger charge is 2.65. The molecule has 93 heavy (non-hydrogen) atoms. The van der Waals surface area contributed by atoms with E-state index < -0.39 is 204 Å². The fourth-order valence-corrected chi connectivity index (χ4v) is 16.9. The molecule has 24 nitrogen and oxygen atoms in total. The molecule has 10 rings (SSSR count). The van der Waals surface area contributed by atoms with Gasteiger partial charge in [-0.1, -0.05) is 64.5 Å². The molecule has 4 aliphatic carbocycles. The van der Waals surface area contributed by atoms with E-state index in [4.69, 9.17) is 67.3 Å². The van der Waals surface area contributed by atoms with E-state index in [0.717, 1.165) is 5.57 Å². The number of esters is 2. The number of aliphatic hydroxyl groups is 4. The summed E-state index contributed by atoms with van der Waals surface area (Å²) in [6, 6.07) is -0.639.